The summed E-state index contributed by atoms with van der Waals surface area (Å²) in [4.78, 5) is 47.2. The number of anilines is 1. The molecule has 0 heterocycles. The lowest BCUT2D eigenvalue weighted by atomic mass is 10.1. The summed E-state index contributed by atoms with van der Waals surface area (Å²) in [5.74, 6) is -3.41. The van der Waals surface area contributed by atoms with E-state index in [0.29, 0.717) is 0 Å². The first-order chi connectivity index (χ1) is 17.5. The highest BCUT2D eigenvalue weighted by atomic mass is 19.4. The van der Waals surface area contributed by atoms with Crippen LogP contribution in [-0.2, 0) is 15.8 Å². The van der Waals surface area contributed by atoms with Gasteiger partial charge in [-0.1, -0.05) is 24.3 Å². The molecule has 0 aliphatic rings. The first kappa shape index (κ1) is 26.5. The van der Waals surface area contributed by atoms with Gasteiger partial charge in [-0.05, 0) is 49.4 Å². The number of hydrogen-bond donors (Lipinski definition) is 2. The molecule has 0 radical (unpaired) electrons. The number of amides is 2. The molecule has 13 heteroatoms. The maximum atomic E-state index is 12.6. The molecule has 0 bridgehead atoms. The van der Waals surface area contributed by atoms with E-state index in [-0.39, 0.29) is 28.3 Å². The summed E-state index contributed by atoms with van der Waals surface area (Å²) in [6.07, 6.45) is -4.55. The van der Waals surface area contributed by atoms with Crippen LogP contribution in [0.25, 0.3) is 0 Å². The van der Waals surface area contributed by atoms with Gasteiger partial charge in [-0.25, -0.2) is 10.2 Å². The zero-order valence-electron chi connectivity index (χ0n) is 18.9. The van der Waals surface area contributed by atoms with Crippen LogP contribution in [-0.4, -0.2) is 28.4 Å². The van der Waals surface area contributed by atoms with Gasteiger partial charge in [0.25, 0.3) is 5.69 Å². The van der Waals surface area contributed by atoms with Gasteiger partial charge in [0.15, 0.2) is 0 Å². The Morgan fingerprint density at radius 3 is 2.11 bits per heavy atom. The number of nitro benzene ring substituents is 1. The summed E-state index contributed by atoms with van der Waals surface area (Å²) in [7, 11) is 0. The highest BCUT2D eigenvalue weighted by molar-refractivity contribution is 6.39. The Labute approximate surface area is 206 Å². The SMILES string of the molecule is CC(=NNC(=O)C(=O)Nc1ccc(C(F)(F)F)cc1)c1ccccc1OC(=O)c1ccccc1[N+](=O)[O-]. The van der Waals surface area contributed by atoms with E-state index in [1.807, 2.05) is 5.43 Å². The van der Waals surface area contributed by atoms with Crippen LogP contribution >= 0.6 is 0 Å². The van der Waals surface area contributed by atoms with Crippen LogP contribution in [0.1, 0.15) is 28.4 Å². The number of ether oxygens (including phenoxy) is 1. The lowest BCUT2D eigenvalue weighted by Crippen LogP contribution is -2.33. The minimum absolute atomic E-state index is 0.0182. The number of rotatable bonds is 6. The van der Waals surface area contributed by atoms with Crippen molar-refractivity contribution in [1.82, 2.24) is 5.43 Å². The minimum atomic E-state index is -4.55. The van der Waals surface area contributed by atoms with E-state index in [9.17, 15) is 37.7 Å². The van der Waals surface area contributed by atoms with Gasteiger partial charge in [0, 0.05) is 17.3 Å². The van der Waals surface area contributed by atoms with Gasteiger partial charge in [-0.2, -0.15) is 18.3 Å². The number of nitro groups is 1. The second kappa shape index (κ2) is 11.1. The largest absolute Gasteiger partial charge is 0.422 e. The van der Waals surface area contributed by atoms with Gasteiger partial charge in [0.2, 0.25) is 0 Å². The number of halogens is 3. The van der Waals surface area contributed by atoms with E-state index in [0.717, 1.165) is 30.3 Å². The number of benzene rings is 3. The Morgan fingerprint density at radius 1 is 0.892 bits per heavy atom. The number of para-hydroxylation sites is 2. The zero-order chi connectivity index (χ0) is 27.2. The van der Waals surface area contributed by atoms with Crippen molar-refractivity contribution in [3.05, 3.63) is 99.6 Å². The van der Waals surface area contributed by atoms with Crippen molar-refractivity contribution in [2.75, 3.05) is 5.32 Å². The number of esters is 1. The van der Waals surface area contributed by atoms with E-state index in [1.165, 1.54) is 43.3 Å². The first-order valence-corrected chi connectivity index (χ1v) is 10.3. The van der Waals surface area contributed by atoms with Gasteiger partial charge in [-0.15, -0.1) is 0 Å². The first-order valence-electron chi connectivity index (χ1n) is 10.3. The molecule has 2 N–H and O–H groups in total. The molecule has 0 atom stereocenters. The molecule has 0 aliphatic carbocycles. The molecule has 0 saturated heterocycles. The van der Waals surface area contributed by atoms with Gasteiger partial charge >= 0.3 is 24.0 Å². The maximum Gasteiger partial charge on any atom is 0.416 e. The second-order valence-electron chi connectivity index (χ2n) is 7.33. The number of carbonyl (C=O) groups is 3. The van der Waals surface area contributed by atoms with E-state index >= 15 is 0 Å². The van der Waals surface area contributed by atoms with Crippen LogP contribution < -0.4 is 15.5 Å². The second-order valence-corrected chi connectivity index (χ2v) is 7.33. The summed E-state index contributed by atoms with van der Waals surface area (Å²) in [6.45, 7) is 1.44. The average molecular weight is 514 g/mol. The van der Waals surface area contributed by atoms with Crippen molar-refractivity contribution in [3.63, 3.8) is 0 Å². The lowest BCUT2D eigenvalue weighted by molar-refractivity contribution is -0.385. The maximum absolute atomic E-state index is 12.6. The lowest BCUT2D eigenvalue weighted by Gasteiger charge is -2.10. The Hall–Kier alpha value is -5.07. The highest BCUT2D eigenvalue weighted by Gasteiger charge is 2.30. The predicted octanol–water partition coefficient (Wildman–Crippen LogP) is 4.31. The number of hydrogen-bond acceptors (Lipinski definition) is 7. The third-order valence-electron chi connectivity index (χ3n) is 4.80. The van der Waals surface area contributed by atoms with Crippen LogP contribution in [0.15, 0.2) is 77.9 Å². The average Bonchev–Trinajstić information content (AvgIpc) is 2.87. The molecule has 10 nitrogen and oxygen atoms in total. The van der Waals surface area contributed by atoms with E-state index < -0.39 is 40.1 Å². The van der Waals surface area contributed by atoms with Crippen LogP contribution in [0.5, 0.6) is 5.75 Å². The van der Waals surface area contributed by atoms with Crippen molar-refractivity contribution in [2.24, 2.45) is 5.10 Å². The summed E-state index contributed by atoms with van der Waals surface area (Å²) in [6, 6.07) is 14.7. The molecule has 0 spiro atoms. The van der Waals surface area contributed by atoms with Crippen molar-refractivity contribution in [1.29, 1.82) is 0 Å². The fraction of sp³-hybridized carbons (Fsp3) is 0.0833. The van der Waals surface area contributed by atoms with Crippen molar-refractivity contribution in [2.45, 2.75) is 13.1 Å². The molecule has 0 unspecified atom stereocenters. The number of nitrogens with zero attached hydrogens (tertiary/aromatic N) is 2. The van der Waals surface area contributed by atoms with Crippen molar-refractivity contribution < 1.29 is 37.2 Å². The van der Waals surface area contributed by atoms with Gasteiger partial charge in [0.05, 0.1) is 16.2 Å². The molecule has 0 aromatic heterocycles. The van der Waals surface area contributed by atoms with Crippen LogP contribution in [0.2, 0.25) is 0 Å². The third kappa shape index (κ3) is 6.75. The van der Waals surface area contributed by atoms with Crippen LogP contribution in [0.4, 0.5) is 24.5 Å². The fourth-order valence-electron chi connectivity index (χ4n) is 2.99. The van der Waals surface area contributed by atoms with Crippen LogP contribution in [0.3, 0.4) is 0 Å². The van der Waals surface area contributed by atoms with Crippen molar-refractivity contribution in [3.8, 4) is 5.75 Å². The standard InChI is InChI=1S/C24H17F3N4O6/c1-14(29-30-22(33)21(32)28-16-12-10-15(11-13-16)24(25,26)27)17-6-3-5-9-20(17)37-23(34)18-7-2-4-8-19(18)31(35)36/h2-13H,1H3,(H,28,32)(H,30,33). The number of carbonyl (C=O) groups excluding carboxylic acids is 3. The third-order valence-corrected chi connectivity index (χ3v) is 4.80. The summed E-state index contributed by atoms with van der Waals surface area (Å²) in [5.41, 5.74) is 0.670. The topological polar surface area (TPSA) is 140 Å². The number of hydrazone groups is 1. The Kier molecular flexibility index (Phi) is 7.97. The Balaban J connectivity index is 1.69. The molecule has 0 fully saturated rings. The normalized spacial score (nSPS) is 11.4. The molecular formula is C24H17F3N4O6. The molecule has 3 aromatic carbocycles. The Bertz CT molecular complexity index is 1390. The zero-order valence-corrected chi connectivity index (χ0v) is 18.9. The number of nitrogens with one attached hydrogen (secondary N) is 2. The molecule has 37 heavy (non-hydrogen) atoms. The minimum Gasteiger partial charge on any atom is -0.422 e. The quantitative estimate of drug-likeness (QED) is 0.125. The molecule has 0 aliphatic heterocycles. The predicted molar refractivity (Wildman–Crippen MR) is 125 cm³/mol. The number of alkyl halides is 3. The van der Waals surface area contributed by atoms with E-state index in [2.05, 4.69) is 10.4 Å². The monoisotopic (exact) mass is 514 g/mol. The van der Waals surface area contributed by atoms with Gasteiger partial charge in [0.1, 0.15) is 11.3 Å². The van der Waals surface area contributed by atoms with Gasteiger partial charge < -0.3 is 10.1 Å². The summed E-state index contributed by atoms with van der Waals surface area (Å²) >= 11 is 0. The summed E-state index contributed by atoms with van der Waals surface area (Å²) in [5, 5.41) is 17.1. The fourth-order valence-corrected chi connectivity index (χ4v) is 2.99. The summed E-state index contributed by atoms with van der Waals surface area (Å²) < 4.78 is 43.2. The molecule has 2 amide bonds. The van der Waals surface area contributed by atoms with E-state index in [1.54, 1.807) is 6.07 Å². The molecule has 3 aromatic rings. The van der Waals surface area contributed by atoms with Crippen molar-refractivity contribution >= 4 is 34.9 Å². The van der Waals surface area contributed by atoms with Gasteiger partial charge in [-0.3, -0.25) is 19.7 Å². The van der Waals surface area contributed by atoms with E-state index in [4.69, 9.17) is 4.74 Å². The smallest absolute Gasteiger partial charge is 0.416 e. The molecule has 3 rings (SSSR count). The van der Waals surface area contributed by atoms with Crippen LogP contribution in [0, 0.1) is 10.1 Å². The highest BCUT2D eigenvalue weighted by Crippen LogP contribution is 2.30. The molecule has 190 valence electrons. The Morgan fingerprint density at radius 2 is 1.49 bits per heavy atom. The molecular weight excluding hydrogens is 497 g/mol. The molecule has 0 saturated carbocycles.